The third kappa shape index (κ3) is 3.04. The average Bonchev–Trinajstić information content (AvgIpc) is 2.89. The highest BCUT2D eigenvalue weighted by molar-refractivity contribution is 6.33. The number of likely N-dealkylation sites (N-methyl/N-ethyl adjacent to an activating group) is 1. The smallest absolute Gasteiger partial charge is 0.0702 e. The summed E-state index contributed by atoms with van der Waals surface area (Å²) in [7, 11) is 0. The van der Waals surface area contributed by atoms with E-state index in [1.165, 1.54) is 0 Å². The largest absolute Gasteiger partial charge is 0.392 e. The Morgan fingerprint density at radius 1 is 1.37 bits per heavy atom. The predicted molar refractivity (Wildman–Crippen MR) is 80.9 cm³/mol. The van der Waals surface area contributed by atoms with Gasteiger partial charge in [0.1, 0.15) is 0 Å². The Hall–Kier alpha value is -0.770. The lowest BCUT2D eigenvalue weighted by Crippen LogP contribution is -2.37. The van der Waals surface area contributed by atoms with Gasteiger partial charge in [-0.15, -0.1) is 0 Å². The Morgan fingerprint density at radius 3 is 2.74 bits per heavy atom. The number of benzene rings is 1. The van der Waals surface area contributed by atoms with Crippen molar-refractivity contribution in [2.75, 3.05) is 31.1 Å². The summed E-state index contributed by atoms with van der Waals surface area (Å²) in [4.78, 5) is 4.81. The molecular formula is C15H23ClN2O. The normalized spacial score (nSPS) is 19.4. The second-order valence-electron chi connectivity index (χ2n) is 5.02. The molecule has 1 aromatic carbocycles. The number of aliphatic hydroxyl groups is 1. The SMILES string of the molecule is CCN(CC)C1CCN(c2c(Cl)cccc2CO)C1. The summed E-state index contributed by atoms with van der Waals surface area (Å²) in [6.45, 7) is 8.65. The van der Waals surface area contributed by atoms with E-state index in [9.17, 15) is 5.11 Å². The first-order valence-electron chi connectivity index (χ1n) is 7.08. The molecule has 1 aromatic rings. The molecular weight excluding hydrogens is 260 g/mol. The Labute approximate surface area is 120 Å². The molecule has 1 saturated heterocycles. The van der Waals surface area contributed by atoms with E-state index >= 15 is 0 Å². The van der Waals surface area contributed by atoms with Gasteiger partial charge in [0, 0.05) is 24.7 Å². The van der Waals surface area contributed by atoms with E-state index < -0.39 is 0 Å². The fourth-order valence-corrected chi connectivity index (χ4v) is 3.34. The summed E-state index contributed by atoms with van der Waals surface area (Å²) in [6.07, 6.45) is 1.16. The van der Waals surface area contributed by atoms with Gasteiger partial charge < -0.3 is 10.0 Å². The number of anilines is 1. The number of hydrogen-bond acceptors (Lipinski definition) is 3. The molecule has 0 aromatic heterocycles. The van der Waals surface area contributed by atoms with Gasteiger partial charge in [0.05, 0.1) is 17.3 Å². The molecule has 2 rings (SSSR count). The van der Waals surface area contributed by atoms with Crippen molar-refractivity contribution in [3.63, 3.8) is 0 Å². The molecule has 1 aliphatic heterocycles. The van der Waals surface area contributed by atoms with Crippen LogP contribution in [0.2, 0.25) is 5.02 Å². The minimum absolute atomic E-state index is 0.0440. The number of hydrogen-bond donors (Lipinski definition) is 1. The molecule has 0 radical (unpaired) electrons. The van der Waals surface area contributed by atoms with Crippen molar-refractivity contribution in [2.45, 2.75) is 32.9 Å². The second-order valence-corrected chi connectivity index (χ2v) is 5.42. The van der Waals surface area contributed by atoms with Crippen LogP contribution in [0, 0.1) is 0 Å². The monoisotopic (exact) mass is 282 g/mol. The quantitative estimate of drug-likeness (QED) is 0.900. The maximum atomic E-state index is 9.47. The molecule has 0 amide bonds. The van der Waals surface area contributed by atoms with Crippen molar-refractivity contribution in [1.82, 2.24) is 4.90 Å². The van der Waals surface area contributed by atoms with Crippen LogP contribution in [0.5, 0.6) is 0 Å². The van der Waals surface area contributed by atoms with E-state index in [2.05, 4.69) is 23.6 Å². The van der Waals surface area contributed by atoms with Crippen LogP contribution in [0.3, 0.4) is 0 Å². The van der Waals surface area contributed by atoms with E-state index in [-0.39, 0.29) is 6.61 Å². The molecule has 19 heavy (non-hydrogen) atoms. The van der Waals surface area contributed by atoms with E-state index in [0.717, 1.165) is 48.9 Å². The highest BCUT2D eigenvalue weighted by Gasteiger charge is 2.28. The lowest BCUT2D eigenvalue weighted by Gasteiger charge is -2.27. The molecule has 0 aliphatic carbocycles. The summed E-state index contributed by atoms with van der Waals surface area (Å²) in [6, 6.07) is 6.35. The minimum atomic E-state index is 0.0440. The first kappa shape index (κ1) is 14.6. The van der Waals surface area contributed by atoms with Crippen molar-refractivity contribution in [2.24, 2.45) is 0 Å². The van der Waals surface area contributed by atoms with Crippen LogP contribution in [-0.4, -0.2) is 42.2 Å². The van der Waals surface area contributed by atoms with E-state index in [1.54, 1.807) is 0 Å². The topological polar surface area (TPSA) is 26.7 Å². The molecule has 3 nitrogen and oxygen atoms in total. The molecule has 0 saturated carbocycles. The molecule has 106 valence electrons. The van der Waals surface area contributed by atoms with Crippen LogP contribution in [0.4, 0.5) is 5.69 Å². The minimum Gasteiger partial charge on any atom is -0.392 e. The third-order valence-electron chi connectivity index (χ3n) is 4.05. The zero-order chi connectivity index (χ0) is 13.8. The maximum absolute atomic E-state index is 9.47. The zero-order valence-electron chi connectivity index (χ0n) is 11.8. The summed E-state index contributed by atoms with van der Waals surface area (Å²) >= 11 is 6.32. The Balaban J connectivity index is 2.17. The summed E-state index contributed by atoms with van der Waals surface area (Å²) in [5.74, 6) is 0. The molecule has 1 N–H and O–H groups in total. The fraction of sp³-hybridized carbons (Fsp3) is 0.600. The van der Waals surface area contributed by atoms with E-state index in [0.29, 0.717) is 6.04 Å². The molecule has 1 heterocycles. The van der Waals surface area contributed by atoms with Gasteiger partial charge in [0.25, 0.3) is 0 Å². The Kier molecular flexibility index (Phi) is 5.08. The van der Waals surface area contributed by atoms with Crippen LogP contribution >= 0.6 is 11.6 Å². The van der Waals surface area contributed by atoms with Gasteiger partial charge in [0.15, 0.2) is 0 Å². The van der Waals surface area contributed by atoms with Crippen molar-refractivity contribution in [3.05, 3.63) is 28.8 Å². The molecule has 1 aliphatic rings. The number of aliphatic hydroxyl groups excluding tert-OH is 1. The molecule has 1 atom stereocenters. The lowest BCUT2D eigenvalue weighted by atomic mass is 10.1. The summed E-state index contributed by atoms with van der Waals surface area (Å²) in [5, 5.41) is 10.2. The van der Waals surface area contributed by atoms with Crippen molar-refractivity contribution in [3.8, 4) is 0 Å². The van der Waals surface area contributed by atoms with Crippen LogP contribution < -0.4 is 4.90 Å². The Morgan fingerprint density at radius 2 is 2.11 bits per heavy atom. The van der Waals surface area contributed by atoms with E-state index in [4.69, 9.17) is 11.6 Å². The van der Waals surface area contributed by atoms with E-state index in [1.807, 2.05) is 18.2 Å². The zero-order valence-corrected chi connectivity index (χ0v) is 12.5. The Bertz CT molecular complexity index is 421. The van der Waals surface area contributed by atoms with Gasteiger partial charge in [-0.25, -0.2) is 0 Å². The van der Waals surface area contributed by atoms with Gasteiger partial charge in [-0.1, -0.05) is 37.6 Å². The van der Waals surface area contributed by atoms with Crippen LogP contribution in [-0.2, 0) is 6.61 Å². The highest BCUT2D eigenvalue weighted by Crippen LogP contribution is 2.33. The number of rotatable bonds is 5. The molecule has 1 unspecified atom stereocenters. The summed E-state index contributed by atoms with van der Waals surface area (Å²) < 4.78 is 0. The van der Waals surface area contributed by atoms with Gasteiger partial charge in [-0.3, -0.25) is 4.90 Å². The fourth-order valence-electron chi connectivity index (χ4n) is 3.02. The molecule has 1 fully saturated rings. The average molecular weight is 283 g/mol. The number of para-hydroxylation sites is 1. The van der Waals surface area contributed by atoms with Crippen molar-refractivity contribution >= 4 is 17.3 Å². The van der Waals surface area contributed by atoms with Crippen LogP contribution in [0.25, 0.3) is 0 Å². The van der Waals surface area contributed by atoms with Gasteiger partial charge in [-0.2, -0.15) is 0 Å². The molecule has 0 spiro atoms. The van der Waals surface area contributed by atoms with Crippen LogP contribution in [0.1, 0.15) is 25.8 Å². The van der Waals surface area contributed by atoms with Gasteiger partial charge in [0.2, 0.25) is 0 Å². The summed E-state index contributed by atoms with van der Waals surface area (Å²) in [5.41, 5.74) is 1.94. The van der Waals surface area contributed by atoms with Crippen molar-refractivity contribution < 1.29 is 5.11 Å². The van der Waals surface area contributed by atoms with Crippen molar-refractivity contribution in [1.29, 1.82) is 0 Å². The van der Waals surface area contributed by atoms with Gasteiger partial charge in [-0.05, 0) is 25.6 Å². The highest BCUT2D eigenvalue weighted by atomic mass is 35.5. The molecule has 4 heteroatoms. The lowest BCUT2D eigenvalue weighted by molar-refractivity contribution is 0.232. The van der Waals surface area contributed by atoms with Gasteiger partial charge >= 0.3 is 0 Å². The number of halogens is 1. The second kappa shape index (κ2) is 6.60. The maximum Gasteiger partial charge on any atom is 0.0702 e. The number of nitrogens with zero attached hydrogens (tertiary/aromatic N) is 2. The standard InChI is InChI=1S/C15H23ClN2O/c1-3-17(4-2)13-8-9-18(10-13)15-12(11-19)6-5-7-14(15)16/h5-7,13,19H,3-4,8-11H2,1-2H3. The van der Waals surface area contributed by atoms with Crippen LogP contribution in [0.15, 0.2) is 18.2 Å². The third-order valence-corrected chi connectivity index (χ3v) is 4.35. The first-order chi connectivity index (χ1) is 9.21. The molecule has 0 bridgehead atoms. The first-order valence-corrected chi connectivity index (χ1v) is 7.46. The predicted octanol–water partition coefficient (Wildman–Crippen LogP) is 2.75.